The number of nitrogens with one attached hydrogen (secondary N) is 2. The molecule has 0 aromatic carbocycles. The molecule has 1 aromatic rings. The molecule has 4 N–H and O–H groups in total. The number of aromatic carboxylic acids is 1. The SMILES string of the molecule is O=C(O)c1cc(=O)[nH]c(O)[nH+]1. The molecule has 0 aliphatic carbocycles. The molecule has 58 valence electrons. The summed E-state index contributed by atoms with van der Waals surface area (Å²) in [4.78, 5) is 24.7. The van der Waals surface area contributed by atoms with E-state index in [0.717, 1.165) is 6.07 Å². The molecular weight excluding hydrogens is 152 g/mol. The molecule has 0 radical (unpaired) electrons. The van der Waals surface area contributed by atoms with Gasteiger partial charge in [0.2, 0.25) is 5.69 Å². The van der Waals surface area contributed by atoms with Crippen LogP contribution in [0.4, 0.5) is 0 Å². The van der Waals surface area contributed by atoms with Gasteiger partial charge in [0.15, 0.2) is 0 Å². The van der Waals surface area contributed by atoms with Gasteiger partial charge in [-0.3, -0.25) is 0 Å². The Labute approximate surface area is 60.1 Å². The Kier molecular flexibility index (Phi) is 1.59. The van der Waals surface area contributed by atoms with E-state index in [9.17, 15) is 9.59 Å². The molecule has 6 nitrogen and oxygen atoms in total. The lowest BCUT2D eigenvalue weighted by Crippen LogP contribution is -2.23. The van der Waals surface area contributed by atoms with Gasteiger partial charge in [-0.15, -0.1) is 0 Å². The number of carbonyl (C=O) groups is 1. The highest BCUT2D eigenvalue weighted by Gasteiger charge is 2.11. The lowest BCUT2D eigenvalue weighted by Gasteiger charge is -1.86. The van der Waals surface area contributed by atoms with Crippen molar-refractivity contribution < 1.29 is 20.0 Å². The molecule has 11 heavy (non-hydrogen) atoms. The molecule has 0 fully saturated rings. The largest absolute Gasteiger partial charge is 0.475 e. The number of hydrogen-bond acceptors (Lipinski definition) is 3. The first-order valence-corrected chi connectivity index (χ1v) is 2.68. The average molecular weight is 157 g/mol. The third kappa shape index (κ3) is 1.54. The van der Waals surface area contributed by atoms with Gasteiger partial charge < -0.3 is 10.2 Å². The van der Waals surface area contributed by atoms with Crippen LogP contribution in [0.15, 0.2) is 10.9 Å². The summed E-state index contributed by atoms with van der Waals surface area (Å²) in [6, 6.07) is 0.261. The standard InChI is InChI=1S/C5H4N2O4/c8-3-1-2(4(9)10)6-5(11)7-3/h1H,(H,9,10)(H2,6,7,8,11)/p+1. The summed E-state index contributed by atoms with van der Waals surface area (Å²) in [7, 11) is 0. The fourth-order valence-electron chi connectivity index (χ4n) is 0.594. The summed E-state index contributed by atoms with van der Waals surface area (Å²) in [6.07, 6.45) is 0. The third-order valence-corrected chi connectivity index (χ3v) is 1.00. The fourth-order valence-corrected chi connectivity index (χ4v) is 0.594. The zero-order valence-corrected chi connectivity index (χ0v) is 5.29. The number of carboxylic acid groups (broad SMARTS) is 1. The number of carboxylic acids is 1. The minimum Gasteiger partial charge on any atom is -0.475 e. The van der Waals surface area contributed by atoms with Gasteiger partial charge in [0.05, 0.1) is 6.07 Å². The second-order valence-corrected chi connectivity index (χ2v) is 1.83. The lowest BCUT2D eigenvalue weighted by atomic mass is 10.4. The smallest absolute Gasteiger partial charge is 0.452 e. The minimum atomic E-state index is -1.30. The predicted octanol–water partition coefficient (Wildman–Crippen LogP) is -1.41. The highest BCUT2D eigenvalue weighted by atomic mass is 16.4. The lowest BCUT2D eigenvalue weighted by molar-refractivity contribution is -0.404. The summed E-state index contributed by atoms with van der Waals surface area (Å²) in [5.74, 6) is -1.30. The quantitative estimate of drug-likeness (QED) is 0.465. The second kappa shape index (κ2) is 2.41. The monoisotopic (exact) mass is 157 g/mol. The van der Waals surface area contributed by atoms with Crippen LogP contribution in [0.25, 0.3) is 0 Å². The highest BCUT2D eigenvalue weighted by molar-refractivity contribution is 5.83. The molecule has 6 heteroatoms. The Morgan fingerprint density at radius 3 is 2.73 bits per heavy atom. The first-order valence-electron chi connectivity index (χ1n) is 2.68. The van der Waals surface area contributed by atoms with Gasteiger partial charge in [-0.2, -0.15) is 4.98 Å². The third-order valence-electron chi connectivity index (χ3n) is 1.00. The van der Waals surface area contributed by atoms with Crippen molar-refractivity contribution in [1.82, 2.24) is 4.98 Å². The number of rotatable bonds is 1. The number of aromatic amines is 2. The fraction of sp³-hybridized carbons (Fsp3) is 0. The van der Waals surface area contributed by atoms with Crippen LogP contribution in [-0.2, 0) is 0 Å². The van der Waals surface area contributed by atoms with E-state index in [1.54, 1.807) is 0 Å². The van der Waals surface area contributed by atoms with Crippen LogP contribution >= 0.6 is 0 Å². The van der Waals surface area contributed by atoms with Crippen molar-refractivity contribution in [2.45, 2.75) is 0 Å². The molecule has 0 saturated heterocycles. The van der Waals surface area contributed by atoms with Crippen LogP contribution < -0.4 is 10.5 Å². The maximum Gasteiger partial charge on any atom is 0.452 e. The van der Waals surface area contributed by atoms with Crippen molar-refractivity contribution in [3.63, 3.8) is 0 Å². The Balaban J connectivity index is 3.30. The molecule has 0 aliphatic rings. The van der Waals surface area contributed by atoms with Gasteiger partial charge in [-0.05, 0) is 0 Å². The van der Waals surface area contributed by atoms with E-state index in [0.29, 0.717) is 0 Å². The molecule has 0 saturated carbocycles. The van der Waals surface area contributed by atoms with E-state index in [1.807, 2.05) is 9.97 Å². The summed E-state index contributed by atoms with van der Waals surface area (Å²) >= 11 is 0. The van der Waals surface area contributed by atoms with E-state index in [2.05, 4.69) is 0 Å². The topological polar surface area (TPSA) is 105 Å². The summed E-state index contributed by atoms with van der Waals surface area (Å²) in [5, 5.41) is 17.0. The van der Waals surface area contributed by atoms with Crippen LogP contribution in [0.3, 0.4) is 0 Å². The molecule has 0 bridgehead atoms. The Morgan fingerprint density at radius 1 is 1.64 bits per heavy atom. The molecule has 1 heterocycles. The molecular formula is C5H5N2O4+. The van der Waals surface area contributed by atoms with E-state index >= 15 is 0 Å². The summed E-state index contributed by atoms with van der Waals surface area (Å²) < 4.78 is 0. The van der Waals surface area contributed by atoms with Gasteiger partial charge in [-0.1, -0.05) is 0 Å². The van der Waals surface area contributed by atoms with Crippen LogP contribution in [-0.4, -0.2) is 21.2 Å². The maximum atomic E-state index is 10.5. The molecule has 0 aliphatic heterocycles. The van der Waals surface area contributed by atoms with Gasteiger partial charge in [0.25, 0.3) is 0 Å². The molecule has 0 unspecified atom stereocenters. The number of H-pyrrole nitrogens is 2. The normalized spacial score (nSPS) is 9.45. The maximum absolute atomic E-state index is 10.5. The number of aromatic hydroxyl groups is 1. The molecule has 1 aromatic heterocycles. The highest BCUT2D eigenvalue weighted by Crippen LogP contribution is 1.87. The Hall–Kier alpha value is -1.85. The Bertz CT molecular complexity index is 343. The Morgan fingerprint density at radius 2 is 2.27 bits per heavy atom. The minimum absolute atomic E-state index is 0.355. The molecule has 1 rings (SSSR count). The van der Waals surface area contributed by atoms with Crippen molar-refractivity contribution in [1.29, 1.82) is 0 Å². The van der Waals surface area contributed by atoms with Crippen molar-refractivity contribution in [2.75, 3.05) is 0 Å². The van der Waals surface area contributed by atoms with E-state index in [1.165, 1.54) is 0 Å². The van der Waals surface area contributed by atoms with E-state index in [4.69, 9.17) is 10.2 Å². The zero-order chi connectivity index (χ0) is 8.43. The summed E-state index contributed by atoms with van der Waals surface area (Å²) in [5.41, 5.74) is -1.02. The van der Waals surface area contributed by atoms with Gasteiger partial charge >= 0.3 is 17.5 Å². The van der Waals surface area contributed by atoms with E-state index in [-0.39, 0.29) is 5.69 Å². The van der Waals surface area contributed by atoms with Crippen molar-refractivity contribution >= 4 is 5.97 Å². The van der Waals surface area contributed by atoms with Crippen LogP contribution in [0, 0.1) is 0 Å². The van der Waals surface area contributed by atoms with Gasteiger partial charge in [-0.25, -0.2) is 14.6 Å². The number of aromatic nitrogens is 2. The van der Waals surface area contributed by atoms with Crippen molar-refractivity contribution in [3.05, 3.63) is 22.1 Å². The van der Waals surface area contributed by atoms with Crippen LogP contribution in [0.2, 0.25) is 0 Å². The van der Waals surface area contributed by atoms with Crippen molar-refractivity contribution in [2.24, 2.45) is 0 Å². The second-order valence-electron chi connectivity index (χ2n) is 1.83. The predicted molar refractivity (Wildman–Crippen MR) is 32.2 cm³/mol. The summed E-state index contributed by atoms with van der Waals surface area (Å²) in [6.45, 7) is 0. The van der Waals surface area contributed by atoms with E-state index < -0.39 is 17.5 Å². The average Bonchev–Trinajstić information content (AvgIpc) is 1.85. The van der Waals surface area contributed by atoms with Gasteiger partial charge in [0.1, 0.15) is 0 Å². The first kappa shape index (κ1) is 7.26. The molecule has 0 spiro atoms. The number of hydrogen-bond donors (Lipinski definition) is 3. The molecule has 0 atom stereocenters. The van der Waals surface area contributed by atoms with Crippen LogP contribution in [0.5, 0.6) is 6.01 Å². The first-order chi connectivity index (χ1) is 5.09. The van der Waals surface area contributed by atoms with Gasteiger partial charge in [0, 0.05) is 0 Å². The van der Waals surface area contributed by atoms with Crippen molar-refractivity contribution in [3.8, 4) is 6.01 Å². The zero-order valence-electron chi connectivity index (χ0n) is 5.29. The molecule has 0 amide bonds. The van der Waals surface area contributed by atoms with Crippen LogP contribution in [0.1, 0.15) is 10.5 Å².